The first-order valence-electron chi connectivity index (χ1n) is 5.03. The van der Waals surface area contributed by atoms with E-state index in [0.29, 0.717) is 4.68 Å². The molecule has 19 heavy (non-hydrogen) atoms. The quantitative estimate of drug-likeness (QED) is 0.668. The molecule has 0 saturated heterocycles. The maximum absolute atomic E-state index is 12.5. The van der Waals surface area contributed by atoms with Gasteiger partial charge in [-0.3, -0.25) is 19.6 Å². The first kappa shape index (κ1) is 14.9. The second kappa shape index (κ2) is 4.86. The largest absolute Gasteiger partial charge is 0.481 e. The van der Waals surface area contributed by atoms with E-state index in [1.165, 1.54) is 13.8 Å². The molecule has 0 fully saturated rings. The van der Waals surface area contributed by atoms with Gasteiger partial charge >= 0.3 is 17.8 Å². The fourth-order valence-electron chi connectivity index (χ4n) is 1.62. The van der Waals surface area contributed by atoms with Crippen LogP contribution in [0.2, 0.25) is 0 Å². The molecule has 1 N–H and O–H groups in total. The highest BCUT2D eigenvalue weighted by Crippen LogP contribution is 2.30. The summed E-state index contributed by atoms with van der Waals surface area (Å²) >= 11 is 0. The van der Waals surface area contributed by atoms with Crippen molar-refractivity contribution >= 4 is 11.7 Å². The molecule has 106 valence electrons. The van der Waals surface area contributed by atoms with Crippen molar-refractivity contribution in [3.63, 3.8) is 0 Å². The molecule has 0 amide bonds. The van der Waals surface area contributed by atoms with Gasteiger partial charge in [0.1, 0.15) is 11.4 Å². The third kappa shape index (κ3) is 3.01. The van der Waals surface area contributed by atoms with Gasteiger partial charge in [0.2, 0.25) is 0 Å². The van der Waals surface area contributed by atoms with Gasteiger partial charge in [-0.2, -0.15) is 18.3 Å². The molecule has 0 aliphatic rings. The minimum atomic E-state index is -4.95. The molecule has 1 unspecified atom stereocenters. The number of aromatic nitrogens is 2. The normalized spacial score (nSPS) is 13.3. The first-order chi connectivity index (χ1) is 8.55. The lowest BCUT2D eigenvalue weighted by Crippen LogP contribution is -2.34. The van der Waals surface area contributed by atoms with Crippen molar-refractivity contribution < 1.29 is 28.0 Å². The smallest absolute Gasteiger partial charge is 0.404 e. The van der Waals surface area contributed by atoms with Crippen molar-refractivity contribution in [2.24, 2.45) is 5.92 Å². The second-order valence-corrected chi connectivity index (χ2v) is 3.89. The summed E-state index contributed by atoms with van der Waals surface area (Å²) in [6, 6.07) is 0. The molecule has 0 bridgehead atoms. The number of nitro groups is 1. The lowest BCUT2D eigenvalue weighted by molar-refractivity contribution is -0.386. The molecule has 0 aliphatic heterocycles. The van der Waals surface area contributed by atoms with E-state index in [1.807, 2.05) is 0 Å². The number of carboxylic acid groups (broad SMARTS) is 1. The Bertz CT molecular complexity index is 524. The molecule has 1 atom stereocenters. The number of alkyl halides is 3. The molecule has 1 rings (SSSR count). The number of rotatable bonds is 4. The molecule has 1 aromatic rings. The van der Waals surface area contributed by atoms with Crippen molar-refractivity contribution in [3.05, 3.63) is 21.5 Å². The van der Waals surface area contributed by atoms with Crippen LogP contribution in [0, 0.1) is 29.9 Å². The monoisotopic (exact) mass is 281 g/mol. The third-order valence-electron chi connectivity index (χ3n) is 2.57. The molecular weight excluding hydrogens is 271 g/mol. The number of hydrogen-bond acceptors (Lipinski definition) is 4. The lowest BCUT2D eigenvalue weighted by atomic mass is 10.1. The topological polar surface area (TPSA) is 98.3 Å². The van der Waals surface area contributed by atoms with E-state index < -0.39 is 35.2 Å². The second-order valence-electron chi connectivity index (χ2n) is 3.89. The van der Waals surface area contributed by atoms with Crippen LogP contribution in [-0.2, 0) is 11.3 Å². The Morgan fingerprint density at radius 3 is 2.37 bits per heavy atom. The van der Waals surface area contributed by atoms with Gasteiger partial charge in [-0.25, -0.2) is 0 Å². The molecule has 0 aliphatic carbocycles. The highest BCUT2D eigenvalue weighted by atomic mass is 19.4. The highest BCUT2D eigenvalue weighted by Gasteiger charge is 2.46. The summed E-state index contributed by atoms with van der Waals surface area (Å²) in [5.74, 6) is -4.71. The summed E-state index contributed by atoms with van der Waals surface area (Å²) in [7, 11) is 0. The molecule has 0 aromatic carbocycles. The zero-order chi connectivity index (χ0) is 15.0. The summed E-state index contributed by atoms with van der Waals surface area (Å²) in [6.45, 7) is 1.48. The van der Waals surface area contributed by atoms with Crippen LogP contribution in [0.3, 0.4) is 0 Å². The van der Waals surface area contributed by atoms with Crippen molar-refractivity contribution in [1.29, 1.82) is 0 Å². The SMILES string of the molecule is Cc1nn(CC(C(=O)O)C(F)(F)F)c(C)c1[N+](=O)[O-]. The molecule has 10 heteroatoms. The van der Waals surface area contributed by atoms with E-state index in [9.17, 15) is 28.1 Å². The summed E-state index contributed by atoms with van der Waals surface area (Å²) in [4.78, 5) is 20.5. The van der Waals surface area contributed by atoms with Crippen LogP contribution in [0.1, 0.15) is 11.4 Å². The van der Waals surface area contributed by atoms with Crippen LogP contribution < -0.4 is 0 Å². The van der Waals surface area contributed by atoms with Gasteiger partial charge < -0.3 is 5.11 Å². The average Bonchev–Trinajstić information content (AvgIpc) is 2.47. The third-order valence-corrected chi connectivity index (χ3v) is 2.57. The number of aryl methyl sites for hydroxylation is 1. The number of nitrogens with zero attached hydrogens (tertiary/aromatic N) is 3. The fourth-order valence-corrected chi connectivity index (χ4v) is 1.62. The Morgan fingerprint density at radius 1 is 1.53 bits per heavy atom. The highest BCUT2D eigenvalue weighted by molar-refractivity contribution is 5.70. The summed E-state index contributed by atoms with van der Waals surface area (Å²) in [5, 5.41) is 22.8. The summed E-state index contributed by atoms with van der Waals surface area (Å²) < 4.78 is 38.2. The van der Waals surface area contributed by atoms with Crippen LogP contribution in [0.15, 0.2) is 0 Å². The summed E-state index contributed by atoms with van der Waals surface area (Å²) in [5.41, 5.74) is -0.585. The van der Waals surface area contributed by atoms with Crippen LogP contribution in [0.4, 0.5) is 18.9 Å². The molecule has 1 aromatic heterocycles. The van der Waals surface area contributed by atoms with Gasteiger partial charge in [0.25, 0.3) is 0 Å². The predicted octanol–water partition coefficient (Wildman–Crippen LogP) is 1.67. The minimum absolute atomic E-state index is 0.0613. The van der Waals surface area contributed by atoms with Crippen LogP contribution in [-0.4, -0.2) is 32.0 Å². The Hall–Kier alpha value is -2.13. The predicted molar refractivity (Wildman–Crippen MR) is 55.5 cm³/mol. The number of halogens is 3. The lowest BCUT2D eigenvalue weighted by Gasteiger charge is -2.16. The van der Waals surface area contributed by atoms with E-state index in [-0.39, 0.29) is 11.4 Å². The average molecular weight is 281 g/mol. The van der Waals surface area contributed by atoms with Gasteiger partial charge in [0.15, 0.2) is 5.92 Å². The number of aliphatic carboxylic acids is 1. The van der Waals surface area contributed by atoms with Gasteiger partial charge in [-0.1, -0.05) is 0 Å². The molecule has 7 nitrogen and oxygen atoms in total. The standard InChI is InChI=1S/C9H10F3N3O4/c1-4-7(15(18)19)5(2)14(13-4)3-6(8(16)17)9(10,11)12/h6H,3H2,1-2H3,(H,16,17). The van der Waals surface area contributed by atoms with Gasteiger partial charge in [0, 0.05) is 0 Å². The molecular formula is C9H10F3N3O4. The molecule has 1 heterocycles. The van der Waals surface area contributed by atoms with Crippen LogP contribution in [0.5, 0.6) is 0 Å². The van der Waals surface area contributed by atoms with Gasteiger partial charge in [0.05, 0.1) is 11.5 Å². The van der Waals surface area contributed by atoms with E-state index in [1.54, 1.807) is 0 Å². The van der Waals surface area contributed by atoms with E-state index in [2.05, 4.69) is 5.10 Å². The minimum Gasteiger partial charge on any atom is -0.481 e. The maximum atomic E-state index is 12.5. The number of carbonyl (C=O) groups is 1. The van der Waals surface area contributed by atoms with Gasteiger partial charge in [-0.15, -0.1) is 0 Å². The van der Waals surface area contributed by atoms with E-state index in [0.717, 1.165) is 0 Å². The van der Waals surface area contributed by atoms with Crippen molar-refractivity contribution in [1.82, 2.24) is 9.78 Å². The first-order valence-corrected chi connectivity index (χ1v) is 5.03. The van der Waals surface area contributed by atoms with Crippen molar-refractivity contribution in [2.45, 2.75) is 26.6 Å². The number of carboxylic acids is 1. The molecule has 0 saturated carbocycles. The Kier molecular flexibility index (Phi) is 3.82. The van der Waals surface area contributed by atoms with Crippen molar-refractivity contribution in [3.8, 4) is 0 Å². The number of hydrogen-bond donors (Lipinski definition) is 1. The van der Waals surface area contributed by atoms with Crippen LogP contribution in [0.25, 0.3) is 0 Å². The maximum Gasteiger partial charge on any atom is 0.404 e. The Morgan fingerprint density at radius 2 is 2.05 bits per heavy atom. The molecule has 0 spiro atoms. The summed E-state index contributed by atoms with van der Waals surface area (Å²) in [6.07, 6.45) is -4.95. The Balaban J connectivity index is 3.16. The van der Waals surface area contributed by atoms with E-state index >= 15 is 0 Å². The Labute approximate surface area is 104 Å². The van der Waals surface area contributed by atoms with Crippen molar-refractivity contribution in [2.75, 3.05) is 0 Å². The van der Waals surface area contributed by atoms with Crippen LogP contribution >= 0.6 is 0 Å². The molecule has 0 radical (unpaired) electrons. The zero-order valence-corrected chi connectivity index (χ0v) is 9.93. The van der Waals surface area contributed by atoms with Gasteiger partial charge in [-0.05, 0) is 13.8 Å². The zero-order valence-electron chi connectivity index (χ0n) is 9.93. The fraction of sp³-hybridized carbons (Fsp3) is 0.556. The van der Waals surface area contributed by atoms with E-state index in [4.69, 9.17) is 5.11 Å².